The molecule has 120 valence electrons. The lowest BCUT2D eigenvalue weighted by molar-refractivity contribution is -0.111. The van der Waals surface area contributed by atoms with E-state index in [1.54, 1.807) is 24.5 Å². The predicted molar refractivity (Wildman–Crippen MR) is 81.5 cm³/mol. The molecule has 1 N–H and O–H groups in total. The number of carbonyl (C=O) groups is 1. The Labute approximate surface area is 131 Å². The van der Waals surface area contributed by atoms with Crippen molar-refractivity contribution >= 4 is 17.7 Å². The predicted octanol–water partition coefficient (Wildman–Crippen LogP) is 3.34. The van der Waals surface area contributed by atoms with Crippen molar-refractivity contribution in [3.63, 3.8) is 0 Å². The van der Waals surface area contributed by atoms with Gasteiger partial charge in [0.05, 0.1) is 7.11 Å². The summed E-state index contributed by atoms with van der Waals surface area (Å²) < 4.78 is 33.8. The maximum Gasteiger partial charge on any atom is 0.387 e. The summed E-state index contributed by atoms with van der Waals surface area (Å²) >= 11 is 0. The van der Waals surface area contributed by atoms with Crippen molar-refractivity contribution in [3.8, 4) is 11.5 Å². The number of carbonyl (C=O) groups excluding carboxylic acids is 1. The first-order chi connectivity index (χ1) is 11.1. The van der Waals surface area contributed by atoms with Gasteiger partial charge >= 0.3 is 6.61 Å². The van der Waals surface area contributed by atoms with Crippen LogP contribution in [0.4, 0.5) is 14.5 Å². The highest BCUT2D eigenvalue weighted by atomic mass is 19.3. The second-order valence-corrected chi connectivity index (χ2v) is 4.35. The van der Waals surface area contributed by atoms with Gasteiger partial charge in [-0.3, -0.25) is 9.78 Å². The van der Waals surface area contributed by atoms with Crippen molar-refractivity contribution in [1.82, 2.24) is 4.98 Å². The van der Waals surface area contributed by atoms with Crippen molar-refractivity contribution in [1.29, 1.82) is 0 Å². The first kappa shape index (κ1) is 16.4. The molecular formula is C16H14F2N2O3. The van der Waals surface area contributed by atoms with Gasteiger partial charge < -0.3 is 14.8 Å². The minimum atomic E-state index is -2.93. The third-order valence-corrected chi connectivity index (χ3v) is 2.78. The summed E-state index contributed by atoms with van der Waals surface area (Å²) in [5.74, 6) is -0.244. The number of anilines is 1. The van der Waals surface area contributed by atoms with Gasteiger partial charge in [-0.2, -0.15) is 8.78 Å². The van der Waals surface area contributed by atoms with Crippen LogP contribution in [0.5, 0.6) is 11.5 Å². The van der Waals surface area contributed by atoms with Crippen LogP contribution in [0, 0.1) is 0 Å². The van der Waals surface area contributed by atoms with E-state index in [1.165, 1.54) is 37.5 Å². The lowest BCUT2D eigenvalue weighted by Gasteiger charge is -2.10. The molecule has 1 amide bonds. The Morgan fingerprint density at radius 3 is 2.61 bits per heavy atom. The number of benzene rings is 1. The molecule has 0 saturated heterocycles. The highest BCUT2D eigenvalue weighted by Crippen LogP contribution is 2.29. The zero-order valence-corrected chi connectivity index (χ0v) is 12.2. The average molecular weight is 320 g/mol. The van der Waals surface area contributed by atoms with Crippen LogP contribution in [0.2, 0.25) is 0 Å². The highest BCUT2D eigenvalue weighted by Gasteiger charge is 2.10. The molecule has 0 aliphatic carbocycles. The fourth-order valence-corrected chi connectivity index (χ4v) is 1.77. The Balaban J connectivity index is 2.05. The number of hydrogen-bond donors (Lipinski definition) is 1. The van der Waals surface area contributed by atoms with Gasteiger partial charge in [-0.25, -0.2) is 0 Å². The third kappa shape index (κ3) is 5.06. The van der Waals surface area contributed by atoms with Gasteiger partial charge in [0.25, 0.3) is 0 Å². The van der Waals surface area contributed by atoms with Gasteiger partial charge in [0.15, 0.2) is 11.5 Å². The smallest absolute Gasteiger partial charge is 0.387 e. The average Bonchev–Trinajstić information content (AvgIpc) is 2.54. The zero-order valence-electron chi connectivity index (χ0n) is 12.2. The molecule has 0 saturated carbocycles. The van der Waals surface area contributed by atoms with Crippen molar-refractivity contribution in [2.45, 2.75) is 6.61 Å². The number of nitrogens with zero attached hydrogens (tertiary/aromatic N) is 1. The lowest BCUT2D eigenvalue weighted by Crippen LogP contribution is -2.07. The molecule has 7 heteroatoms. The van der Waals surface area contributed by atoms with Crippen LogP contribution >= 0.6 is 0 Å². The van der Waals surface area contributed by atoms with E-state index in [0.29, 0.717) is 11.3 Å². The molecule has 2 aromatic rings. The SMILES string of the molecule is COc1cc(/C=C/C(=O)Nc2ccncc2)ccc1OC(F)F. The number of rotatable bonds is 6. The quantitative estimate of drug-likeness (QED) is 0.829. The molecule has 1 aromatic heterocycles. The third-order valence-electron chi connectivity index (χ3n) is 2.78. The van der Waals surface area contributed by atoms with Gasteiger partial charge in [-0.05, 0) is 35.9 Å². The summed E-state index contributed by atoms with van der Waals surface area (Å²) in [4.78, 5) is 15.6. The molecule has 0 fully saturated rings. The van der Waals surface area contributed by atoms with Crippen molar-refractivity contribution in [3.05, 3.63) is 54.4 Å². The van der Waals surface area contributed by atoms with E-state index in [0.717, 1.165) is 0 Å². The van der Waals surface area contributed by atoms with E-state index in [2.05, 4.69) is 15.0 Å². The number of methoxy groups -OCH3 is 1. The first-order valence-electron chi connectivity index (χ1n) is 6.60. The standard InChI is InChI=1S/C16H14F2N2O3/c1-22-14-10-11(2-4-13(14)23-16(17)18)3-5-15(21)20-12-6-8-19-9-7-12/h2-10,16H,1H3,(H,19,20,21)/b5-3+. The first-order valence-corrected chi connectivity index (χ1v) is 6.60. The van der Waals surface area contributed by atoms with E-state index in [4.69, 9.17) is 4.74 Å². The molecule has 0 radical (unpaired) electrons. The summed E-state index contributed by atoms with van der Waals surface area (Å²) in [6.45, 7) is -2.93. The number of aromatic nitrogens is 1. The molecule has 2 rings (SSSR count). The maximum atomic E-state index is 12.2. The van der Waals surface area contributed by atoms with Gasteiger partial charge in [0.2, 0.25) is 5.91 Å². The number of hydrogen-bond acceptors (Lipinski definition) is 4. The molecule has 0 bridgehead atoms. The van der Waals surface area contributed by atoms with Gasteiger partial charge in [0, 0.05) is 24.2 Å². The molecule has 0 aliphatic rings. The normalized spacial score (nSPS) is 10.8. The van der Waals surface area contributed by atoms with E-state index in [1.807, 2.05) is 0 Å². The highest BCUT2D eigenvalue weighted by molar-refractivity contribution is 6.01. The Morgan fingerprint density at radius 2 is 1.96 bits per heavy atom. The number of halogens is 2. The minimum absolute atomic E-state index is 0.0686. The topological polar surface area (TPSA) is 60.5 Å². The van der Waals surface area contributed by atoms with Crippen LogP contribution < -0.4 is 14.8 Å². The number of nitrogens with one attached hydrogen (secondary N) is 1. The second-order valence-electron chi connectivity index (χ2n) is 4.35. The Bertz CT molecular complexity index is 691. The van der Waals surface area contributed by atoms with Crippen LogP contribution in [-0.2, 0) is 4.79 Å². The number of ether oxygens (including phenoxy) is 2. The van der Waals surface area contributed by atoms with Crippen LogP contribution in [0.25, 0.3) is 6.08 Å². The fourth-order valence-electron chi connectivity index (χ4n) is 1.77. The summed E-state index contributed by atoms with van der Waals surface area (Å²) in [5.41, 5.74) is 1.22. The monoisotopic (exact) mass is 320 g/mol. The fraction of sp³-hybridized carbons (Fsp3) is 0.125. The van der Waals surface area contributed by atoms with Crippen LogP contribution in [0.1, 0.15) is 5.56 Å². The Morgan fingerprint density at radius 1 is 1.22 bits per heavy atom. The van der Waals surface area contributed by atoms with Crippen LogP contribution in [-0.4, -0.2) is 24.6 Å². The largest absolute Gasteiger partial charge is 0.493 e. The Kier molecular flexibility index (Phi) is 5.62. The van der Waals surface area contributed by atoms with Gasteiger partial charge in [0.1, 0.15) is 0 Å². The van der Waals surface area contributed by atoms with E-state index in [-0.39, 0.29) is 17.4 Å². The summed E-state index contributed by atoms with van der Waals surface area (Å²) in [5, 5.41) is 2.66. The molecule has 1 aromatic carbocycles. The Hall–Kier alpha value is -2.96. The van der Waals surface area contributed by atoms with E-state index < -0.39 is 6.61 Å². The summed E-state index contributed by atoms with van der Waals surface area (Å²) in [6.07, 6.45) is 5.98. The van der Waals surface area contributed by atoms with E-state index in [9.17, 15) is 13.6 Å². The number of pyridine rings is 1. The van der Waals surface area contributed by atoms with Crippen molar-refractivity contribution in [2.24, 2.45) is 0 Å². The minimum Gasteiger partial charge on any atom is -0.493 e. The van der Waals surface area contributed by atoms with Crippen LogP contribution in [0.3, 0.4) is 0 Å². The molecule has 5 nitrogen and oxygen atoms in total. The molecular weight excluding hydrogens is 306 g/mol. The maximum absolute atomic E-state index is 12.2. The molecule has 23 heavy (non-hydrogen) atoms. The van der Waals surface area contributed by atoms with Crippen molar-refractivity contribution in [2.75, 3.05) is 12.4 Å². The molecule has 0 aliphatic heterocycles. The lowest BCUT2D eigenvalue weighted by atomic mass is 10.2. The van der Waals surface area contributed by atoms with Gasteiger partial charge in [-0.15, -0.1) is 0 Å². The molecule has 0 atom stereocenters. The molecule has 1 heterocycles. The summed E-state index contributed by atoms with van der Waals surface area (Å²) in [7, 11) is 1.34. The number of amides is 1. The molecule has 0 unspecified atom stereocenters. The van der Waals surface area contributed by atoms with Gasteiger partial charge in [-0.1, -0.05) is 6.07 Å². The second kappa shape index (κ2) is 7.88. The van der Waals surface area contributed by atoms with Crippen LogP contribution in [0.15, 0.2) is 48.8 Å². The number of alkyl halides is 2. The van der Waals surface area contributed by atoms with E-state index >= 15 is 0 Å². The summed E-state index contributed by atoms with van der Waals surface area (Å²) in [6, 6.07) is 7.70. The zero-order chi connectivity index (χ0) is 16.7. The van der Waals surface area contributed by atoms with Crippen molar-refractivity contribution < 1.29 is 23.0 Å². The molecule has 0 spiro atoms.